The Bertz CT molecular complexity index is 833. The zero-order valence-corrected chi connectivity index (χ0v) is 20.2. The van der Waals surface area contributed by atoms with Gasteiger partial charge < -0.3 is 24.8 Å². The Morgan fingerprint density at radius 1 is 1.23 bits per heavy atom. The number of alkyl carbamates (subject to hydrolysis) is 1. The van der Waals surface area contributed by atoms with Crippen molar-refractivity contribution in [1.82, 2.24) is 15.2 Å². The maximum Gasteiger partial charge on any atom is 0.408 e. The maximum atomic E-state index is 13.4. The highest BCUT2D eigenvalue weighted by molar-refractivity contribution is 9.10. The van der Waals surface area contributed by atoms with Crippen molar-refractivity contribution in [3.05, 3.63) is 22.9 Å². The summed E-state index contributed by atoms with van der Waals surface area (Å²) in [5.41, 5.74) is -1.41. The highest BCUT2D eigenvalue weighted by Crippen LogP contribution is 2.29. The molecule has 1 saturated heterocycles. The lowest BCUT2D eigenvalue weighted by Crippen LogP contribution is -2.57. The molecular formula is C21H30BrN3O6. The summed E-state index contributed by atoms with van der Waals surface area (Å²) in [5.74, 6) is -1.15. The molecule has 0 saturated carbocycles. The molecule has 0 spiro atoms. The number of carboxylic acids is 1. The van der Waals surface area contributed by atoms with Crippen LogP contribution in [-0.2, 0) is 14.3 Å². The molecule has 10 heteroatoms. The number of hydrogen-bond acceptors (Lipinski definition) is 6. The Morgan fingerprint density at radius 3 is 2.39 bits per heavy atom. The molecule has 0 bridgehead atoms. The van der Waals surface area contributed by atoms with Crippen molar-refractivity contribution >= 4 is 33.9 Å². The quantitative estimate of drug-likeness (QED) is 0.638. The number of hydrogen-bond donors (Lipinski definition) is 2. The van der Waals surface area contributed by atoms with Crippen LogP contribution >= 0.6 is 15.9 Å². The van der Waals surface area contributed by atoms with Crippen LogP contribution in [0.1, 0.15) is 48.0 Å². The third-order valence-electron chi connectivity index (χ3n) is 4.59. The van der Waals surface area contributed by atoms with Gasteiger partial charge in [0.25, 0.3) is 0 Å². The Hall–Kier alpha value is -2.36. The van der Waals surface area contributed by atoms with Gasteiger partial charge in [0, 0.05) is 17.1 Å². The number of aliphatic carboxylic acids is 1. The number of carbonyl (C=O) groups excluding carboxylic acids is 2. The first-order chi connectivity index (χ1) is 14.2. The number of aromatic nitrogens is 1. The summed E-state index contributed by atoms with van der Waals surface area (Å²) in [5, 5.41) is 12.3. The van der Waals surface area contributed by atoms with Gasteiger partial charge in [-0.3, -0.25) is 9.78 Å². The Morgan fingerprint density at radius 2 is 1.87 bits per heavy atom. The largest absolute Gasteiger partial charge is 0.487 e. The third kappa shape index (κ3) is 7.09. The minimum absolute atomic E-state index is 0.0743. The topological polar surface area (TPSA) is 118 Å². The molecule has 1 fully saturated rings. The number of ether oxygens (including phenoxy) is 2. The molecule has 0 aliphatic carbocycles. The zero-order valence-electron chi connectivity index (χ0n) is 18.6. The van der Waals surface area contributed by atoms with E-state index in [1.165, 1.54) is 11.1 Å². The lowest BCUT2D eigenvalue weighted by atomic mass is 9.85. The number of nitrogens with zero attached hydrogens (tertiary/aromatic N) is 2. The standard InChI is InChI=1S/C21H30BrN3O6/c1-20(2,3)16(24-19(29)31-21(4,5)6)17(26)25-11-14(8-15(25)18(27)28)30-13-7-12(22)9-23-10-13/h7,9-10,14-16H,8,11H2,1-6H3,(H,24,29)(H,27,28). The molecule has 2 amide bonds. The highest BCUT2D eigenvalue weighted by Gasteiger charge is 2.46. The first kappa shape index (κ1) is 24.9. The van der Waals surface area contributed by atoms with Crippen molar-refractivity contribution in [1.29, 1.82) is 0 Å². The summed E-state index contributed by atoms with van der Waals surface area (Å²) in [6.07, 6.45) is 1.99. The van der Waals surface area contributed by atoms with Crippen LogP contribution in [0.2, 0.25) is 0 Å². The van der Waals surface area contributed by atoms with Gasteiger partial charge in [0.1, 0.15) is 29.5 Å². The van der Waals surface area contributed by atoms with Crippen LogP contribution in [0, 0.1) is 5.41 Å². The van der Waals surface area contributed by atoms with E-state index in [0.717, 1.165) is 4.47 Å². The van der Waals surface area contributed by atoms with Crippen LogP contribution in [0.25, 0.3) is 0 Å². The number of pyridine rings is 1. The minimum atomic E-state index is -1.13. The molecule has 1 aromatic heterocycles. The monoisotopic (exact) mass is 499 g/mol. The van der Waals surface area contributed by atoms with Crippen LogP contribution in [0.4, 0.5) is 4.79 Å². The number of likely N-dealkylation sites (tertiary alicyclic amines) is 1. The van der Waals surface area contributed by atoms with Gasteiger partial charge in [0.2, 0.25) is 5.91 Å². The average Bonchev–Trinajstić information content (AvgIpc) is 3.01. The van der Waals surface area contributed by atoms with E-state index in [1.807, 2.05) is 0 Å². The van der Waals surface area contributed by atoms with Crippen molar-refractivity contribution in [3.8, 4) is 5.75 Å². The number of carboxylic acid groups (broad SMARTS) is 1. The zero-order chi connectivity index (χ0) is 23.6. The van der Waals surface area contributed by atoms with Gasteiger partial charge in [-0.1, -0.05) is 20.8 Å². The van der Waals surface area contributed by atoms with Gasteiger partial charge in [-0.2, -0.15) is 0 Å². The summed E-state index contributed by atoms with van der Waals surface area (Å²) < 4.78 is 11.9. The predicted molar refractivity (Wildman–Crippen MR) is 117 cm³/mol. The SMILES string of the molecule is CC(C)(C)OC(=O)NC(C(=O)N1CC(Oc2cncc(Br)c2)CC1C(=O)O)C(C)(C)C. The lowest BCUT2D eigenvalue weighted by Gasteiger charge is -2.35. The highest BCUT2D eigenvalue weighted by atomic mass is 79.9. The molecule has 172 valence electrons. The fraction of sp³-hybridized carbons (Fsp3) is 0.619. The Labute approximate surface area is 190 Å². The molecular weight excluding hydrogens is 470 g/mol. The number of rotatable bonds is 5. The Kier molecular flexibility index (Phi) is 7.57. The van der Waals surface area contributed by atoms with E-state index in [1.54, 1.807) is 53.8 Å². The molecule has 2 rings (SSSR count). The van der Waals surface area contributed by atoms with Crippen LogP contribution in [0.5, 0.6) is 5.75 Å². The van der Waals surface area contributed by atoms with Crippen molar-refractivity contribution < 1.29 is 29.0 Å². The number of amides is 2. The van der Waals surface area contributed by atoms with E-state index in [-0.39, 0.29) is 13.0 Å². The molecule has 9 nitrogen and oxygen atoms in total. The fourth-order valence-corrected chi connectivity index (χ4v) is 3.59. The van der Waals surface area contributed by atoms with Crippen LogP contribution in [-0.4, -0.2) is 63.3 Å². The van der Waals surface area contributed by atoms with Gasteiger partial charge in [-0.05, 0) is 48.2 Å². The molecule has 1 aliphatic rings. The fourth-order valence-electron chi connectivity index (χ4n) is 3.25. The maximum absolute atomic E-state index is 13.4. The van der Waals surface area contributed by atoms with Crippen molar-refractivity contribution in [3.63, 3.8) is 0 Å². The van der Waals surface area contributed by atoms with Gasteiger partial charge >= 0.3 is 12.1 Å². The molecule has 31 heavy (non-hydrogen) atoms. The Balaban J connectivity index is 2.21. The first-order valence-electron chi connectivity index (χ1n) is 9.97. The molecule has 3 atom stereocenters. The number of halogens is 1. The summed E-state index contributed by atoms with van der Waals surface area (Å²) >= 11 is 3.31. The third-order valence-corrected chi connectivity index (χ3v) is 5.02. The van der Waals surface area contributed by atoms with E-state index in [2.05, 4.69) is 26.2 Å². The molecule has 1 aromatic rings. The van der Waals surface area contributed by atoms with Gasteiger partial charge in [0.05, 0.1) is 12.7 Å². The van der Waals surface area contributed by atoms with Crippen LogP contribution in [0.15, 0.2) is 22.9 Å². The van der Waals surface area contributed by atoms with E-state index in [4.69, 9.17) is 9.47 Å². The van der Waals surface area contributed by atoms with Crippen molar-refractivity contribution in [2.45, 2.75) is 71.8 Å². The molecule has 0 aromatic carbocycles. The average molecular weight is 500 g/mol. The van der Waals surface area contributed by atoms with Crippen molar-refractivity contribution in [2.75, 3.05) is 6.54 Å². The van der Waals surface area contributed by atoms with Gasteiger partial charge in [0.15, 0.2) is 0 Å². The van der Waals surface area contributed by atoms with Crippen LogP contribution < -0.4 is 10.1 Å². The lowest BCUT2D eigenvalue weighted by molar-refractivity contribution is -0.150. The second-order valence-electron chi connectivity index (χ2n) is 9.60. The predicted octanol–water partition coefficient (Wildman–Crippen LogP) is 3.22. The number of carbonyl (C=O) groups is 3. The minimum Gasteiger partial charge on any atom is -0.487 e. The second kappa shape index (κ2) is 9.42. The van der Waals surface area contributed by atoms with E-state index < -0.39 is 47.2 Å². The van der Waals surface area contributed by atoms with E-state index in [9.17, 15) is 19.5 Å². The van der Waals surface area contributed by atoms with Crippen molar-refractivity contribution in [2.24, 2.45) is 5.41 Å². The molecule has 1 aliphatic heterocycles. The summed E-state index contributed by atoms with van der Waals surface area (Å²) in [4.78, 5) is 42.9. The van der Waals surface area contributed by atoms with Crippen LogP contribution in [0.3, 0.4) is 0 Å². The summed E-state index contributed by atoms with van der Waals surface area (Å²) in [6.45, 7) is 10.6. The normalized spacial score (nSPS) is 20.2. The second-order valence-corrected chi connectivity index (χ2v) is 10.5. The summed E-state index contributed by atoms with van der Waals surface area (Å²) in [7, 11) is 0. The molecule has 2 heterocycles. The summed E-state index contributed by atoms with van der Waals surface area (Å²) in [6, 6.07) is -0.326. The van der Waals surface area contributed by atoms with E-state index >= 15 is 0 Å². The molecule has 3 unspecified atom stereocenters. The van der Waals surface area contributed by atoms with Gasteiger partial charge in [-0.25, -0.2) is 9.59 Å². The molecule has 2 N–H and O–H groups in total. The van der Waals surface area contributed by atoms with Gasteiger partial charge in [-0.15, -0.1) is 0 Å². The molecule has 0 radical (unpaired) electrons. The number of nitrogens with one attached hydrogen (secondary N) is 1. The smallest absolute Gasteiger partial charge is 0.408 e. The van der Waals surface area contributed by atoms with E-state index in [0.29, 0.717) is 5.75 Å². The first-order valence-corrected chi connectivity index (χ1v) is 10.8.